The molecule has 2 aliphatic rings. The van der Waals surface area contributed by atoms with Gasteiger partial charge in [-0.25, -0.2) is 21.6 Å². The lowest BCUT2D eigenvalue weighted by atomic mass is 9.84. The minimum atomic E-state index is -4.31. The highest BCUT2D eigenvalue weighted by molar-refractivity contribution is 7.89. The van der Waals surface area contributed by atoms with Gasteiger partial charge in [-0.05, 0) is 37.1 Å². The van der Waals surface area contributed by atoms with Crippen LogP contribution in [0.1, 0.15) is 48.3 Å². The fourth-order valence-electron chi connectivity index (χ4n) is 5.04. The van der Waals surface area contributed by atoms with E-state index in [0.29, 0.717) is 49.1 Å². The summed E-state index contributed by atoms with van der Waals surface area (Å²) in [4.78, 5) is 12.8. The van der Waals surface area contributed by atoms with E-state index in [1.54, 1.807) is 19.9 Å². The summed E-state index contributed by atoms with van der Waals surface area (Å²) in [5.74, 6) is -3.49. The van der Waals surface area contributed by atoms with Crippen LogP contribution in [-0.4, -0.2) is 54.6 Å². The van der Waals surface area contributed by atoms with Crippen LogP contribution in [0.25, 0.3) is 0 Å². The number of hydrogen-bond donors (Lipinski definition) is 3. The second-order valence-corrected chi connectivity index (χ2v) is 12.3. The quantitative estimate of drug-likeness (QED) is 0.415. The fourth-order valence-corrected chi connectivity index (χ4v) is 6.65. The lowest BCUT2D eigenvalue weighted by Gasteiger charge is -2.36. The lowest BCUT2D eigenvalue weighted by molar-refractivity contribution is 0.0904. The van der Waals surface area contributed by atoms with Gasteiger partial charge in [-0.3, -0.25) is 9.89 Å². The number of rotatable bonds is 6. The van der Waals surface area contributed by atoms with E-state index in [4.69, 9.17) is 4.74 Å². The SMILES string of the molecule is CC1(C)CN(S(=O)(=O)c2cc(F)cc(F)c2)Cc2c(NC(=O)c3c(F)cccc3NC3CCOCC3)n[nH]c21. The van der Waals surface area contributed by atoms with Crippen LogP contribution in [0.2, 0.25) is 0 Å². The Bertz CT molecular complexity index is 1500. The van der Waals surface area contributed by atoms with Gasteiger partial charge in [0.2, 0.25) is 10.0 Å². The summed E-state index contributed by atoms with van der Waals surface area (Å²) in [6.07, 6.45) is 1.41. The summed E-state index contributed by atoms with van der Waals surface area (Å²) in [5.41, 5.74) is 0.284. The van der Waals surface area contributed by atoms with Crippen LogP contribution in [0, 0.1) is 17.5 Å². The van der Waals surface area contributed by atoms with Gasteiger partial charge in [-0.1, -0.05) is 19.9 Å². The smallest absolute Gasteiger partial charge is 0.261 e. The van der Waals surface area contributed by atoms with E-state index in [-0.39, 0.29) is 30.5 Å². The molecule has 9 nitrogen and oxygen atoms in total. The number of halogens is 3. The number of H-pyrrole nitrogens is 1. The molecule has 2 aliphatic heterocycles. The summed E-state index contributed by atoms with van der Waals surface area (Å²) in [6, 6.07) is 6.41. The van der Waals surface area contributed by atoms with Crippen molar-refractivity contribution in [2.45, 2.75) is 49.6 Å². The van der Waals surface area contributed by atoms with Crippen LogP contribution >= 0.6 is 0 Å². The van der Waals surface area contributed by atoms with Gasteiger partial charge in [0.25, 0.3) is 5.91 Å². The fraction of sp³-hybridized carbons (Fsp3) is 0.385. The van der Waals surface area contributed by atoms with Crippen LogP contribution in [-0.2, 0) is 26.7 Å². The van der Waals surface area contributed by atoms with Crippen molar-refractivity contribution in [1.82, 2.24) is 14.5 Å². The summed E-state index contributed by atoms with van der Waals surface area (Å²) >= 11 is 0. The number of amides is 1. The monoisotopic (exact) mass is 563 g/mol. The molecule has 3 N–H and O–H groups in total. The summed E-state index contributed by atoms with van der Waals surface area (Å²) < 4.78 is 75.7. The molecule has 0 unspecified atom stereocenters. The number of fused-ring (bicyclic) bond motifs is 1. The van der Waals surface area contributed by atoms with Crippen LogP contribution in [0.15, 0.2) is 41.3 Å². The van der Waals surface area contributed by atoms with Crippen molar-refractivity contribution >= 4 is 27.4 Å². The first-order chi connectivity index (χ1) is 18.5. The third-order valence-corrected chi connectivity index (χ3v) is 8.75. The van der Waals surface area contributed by atoms with E-state index in [9.17, 15) is 26.4 Å². The molecule has 3 heterocycles. The van der Waals surface area contributed by atoms with E-state index in [0.717, 1.165) is 16.4 Å². The zero-order valence-electron chi connectivity index (χ0n) is 21.4. The topological polar surface area (TPSA) is 116 Å². The molecule has 0 spiro atoms. The Labute approximate surface area is 223 Å². The molecule has 0 atom stereocenters. The zero-order chi connectivity index (χ0) is 27.9. The van der Waals surface area contributed by atoms with Crippen molar-refractivity contribution in [2.75, 3.05) is 30.4 Å². The Balaban J connectivity index is 1.44. The number of carbonyl (C=O) groups excluding carboxylic acids is 1. The van der Waals surface area contributed by atoms with Crippen LogP contribution in [0.4, 0.5) is 24.7 Å². The molecule has 0 saturated carbocycles. The van der Waals surface area contributed by atoms with E-state index in [2.05, 4.69) is 20.8 Å². The first-order valence-electron chi connectivity index (χ1n) is 12.4. The maximum atomic E-state index is 14.9. The third kappa shape index (κ3) is 5.38. The van der Waals surface area contributed by atoms with E-state index in [1.807, 2.05) is 0 Å². The number of aromatic amines is 1. The average Bonchev–Trinajstić information content (AvgIpc) is 3.27. The van der Waals surface area contributed by atoms with Gasteiger partial charge in [-0.2, -0.15) is 9.40 Å². The second-order valence-electron chi connectivity index (χ2n) is 10.3. The largest absolute Gasteiger partial charge is 0.381 e. The van der Waals surface area contributed by atoms with Crippen LogP contribution in [0.5, 0.6) is 0 Å². The zero-order valence-corrected chi connectivity index (χ0v) is 22.2. The highest BCUT2D eigenvalue weighted by atomic mass is 32.2. The molecule has 1 amide bonds. The molecule has 0 bridgehead atoms. The van der Waals surface area contributed by atoms with E-state index >= 15 is 0 Å². The highest BCUT2D eigenvalue weighted by Gasteiger charge is 2.41. The molecule has 208 valence electrons. The number of hydrogen-bond acceptors (Lipinski definition) is 6. The third-order valence-electron chi connectivity index (χ3n) is 6.98. The number of anilines is 2. The van der Waals surface area contributed by atoms with Crippen molar-refractivity contribution in [3.63, 3.8) is 0 Å². The normalized spacial score (nSPS) is 18.0. The van der Waals surface area contributed by atoms with Gasteiger partial charge in [-0.15, -0.1) is 0 Å². The molecule has 0 radical (unpaired) electrons. The maximum Gasteiger partial charge on any atom is 0.261 e. The van der Waals surface area contributed by atoms with Gasteiger partial charge in [0.05, 0.1) is 16.1 Å². The molecule has 39 heavy (non-hydrogen) atoms. The number of aromatic nitrogens is 2. The molecule has 5 rings (SSSR count). The van der Waals surface area contributed by atoms with Crippen molar-refractivity contribution < 1.29 is 31.1 Å². The molecule has 13 heteroatoms. The number of nitrogens with one attached hydrogen (secondary N) is 3. The second kappa shape index (κ2) is 10.3. The molecule has 0 aliphatic carbocycles. The number of nitrogens with zero attached hydrogens (tertiary/aromatic N) is 2. The molecule has 3 aromatic rings. The average molecular weight is 564 g/mol. The molecular formula is C26H28F3N5O4S. The van der Waals surface area contributed by atoms with Crippen LogP contribution in [0.3, 0.4) is 0 Å². The van der Waals surface area contributed by atoms with Gasteiger partial charge < -0.3 is 15.4 Å². The van der Waals surface area contributed by atoms with Crippen molar-refractivity contribution in [1.29, 1.82) is 0 Å². The Hall–Kier alpha value is -3.42. The lowest BCUT2D eigenvalue weighted by Crippen LogP contribution is -2.45. The van der Waals surface area contributed by atoms with Crippen LogP contribution < -0.4 is 10.6 Å². The molecule has 2 aromatic carbocycles. The van der Waals surface area contributed by atoms with E-state index < -0.39 is 43.7 Å². The van der Waals surface area contributed by atoms with Gasteiger partial charge in [0.15, 0.2) is 5.82 Å². The Morgan fingerprint density at radius 3 is 2.51 bits per heavy atom. The molecule has 1 saturated heterocycles. The van der Waals surface area contributed by atoms with Gasteiger partial charge >= 0.3 is 0 Å². The summed E-state index contributed by atoms with van der Waals surface area (Å²) in [7, 11) is -4.31. The van der Waals surface area contributed by atoms with E-state index in [1.165, 1.54) is 12.1 Å². The minimum Gasteiger partial charge on any atom is -0.381 e. The number of sulfonamides is 1. The van der Waals surface area contributed by atoms with Crippen molar-refractivity contribution in [3.05, 3.63) is 70.7 Å². The molecule has 1 fully saturated rings. The summed E-state index contributed by atoms with van der Waals surface area (Å²) in [5, 5.41) is 12.9. The first-order valence-corrected chi connectivity index (χ1v) is 13.9. The highest BCUT2D eigenvalue weighted by Crippen LogP contribution is 2.38. The number of ether oxygens (including phenoxy) is 1. The predicted molar refractivity (Wildman–Crippen MR) is 137 cm³/mol. The number of benzene rings is 2. The van der Waals surface area contributed by atoms with Crippen molar-refractivity contribution in [3.8, 4) is 0 Å². The maximum absolute atomic E-state index is 14.9. The summed E-state index contributed by atoms with van der Waals surface area (Å²) in [6.45, 7) is 4.43. The van der Waals surface area contributed by atoms with Gasteiger partial charge in [0, 0.05) is 55.1 Å². The Morgan fingerprint density at radius 2 is 1.82 bits per heavy atom. The number of carbonyl (C=O) groups is 1. The van der Waals surface area contributed by atoms with Crippen molar-refractivity contribution in [2.24, 2.45) is 0 Å². The minimum absolute atomic E-state index is 0.0114. The standard InChI is InChI=1S/C26H28F3N5O4S/c1-26(2)14-34(39(36,37)18-11-15(27)10-16(28)12-18)13-19-23(26)32-33-24(19)31-25(35)22-20(29)4-3-5-21(22)30-17-6-8-38-9-7-17/h3-5,10-12,17,30H,6-9,13-14H2,1-2H3,(H2,31,32,33,35). The predicted octanol–water partition coefficient (Wildman–Crippen LogP) is 4.15. The Morgan fingerprint density at radius 1 is 1.13 bits per heavy atom. The van der Waals surface area contributed by atoms with Gasteiger partial charge in [0.1, 0.15) is 17.5 Å². The Kier molecular flexibility index (Phi) is 7.16. The molecule has 1 aromatic heterocycles. The first kappa shape index (κ1) is 27.2. The molecular weight excluding hydrogens is 535 g/mol.